The molecular weight excluding hydrogens is 322 g/mol. The zero-order chi connectivity index (χ0) is 14.5. The molecule has 2 aromatic rings. The van der Waals surface area contributed by atoms with Gasteiger partial charge in [-0.25, -0.2) is 9.97 Å². The van der Waals surface area contributed by atoms with Gasteiger partial charge in [-0.05, 0) is 40.5 Å². The standard InChI is InChI=1S/C14H14BrN3O2/c1-9-3-4-11(12(15)5-9)14(19)18-13-6-10(7-20-2)16-8-17-13/h3-6,8H,7H2,1-2H3,(H,16,17,18,19). The van der Waals surface area contributed by atoms with Crippen LogP contribution in [0.25, 0.3) is 0 Å². The number of nitrogens with one attached hydrogen (secondary N) is 1. The number of hydrogen-bond acceptors (Lipinski definition) is 4. The molecule has 1 amide bonds. The number of benzene rings is 1. The molecule has 2 rings (SSSR count). The summed E-state index contributed by atoms with van der Waals surface area (Å²) in [5, 5.41) is 2.74. The molecule has 0 saturated heterocycles. The molecule has 1 aromatic carbocycles. The summed E-state index contributed by atoms with van der Waals surface area (Å²) in [4.78, 5) is 20.2. The summed E-state index contributed by atoms with van der Waals surface area (Å²) >= 11 is 3.39. The average molecular weight is 336 g/mol. The van der Waals surface area contributed by atoms with Crippen molar-refractivity contribution in [3.05, 3.63) is 51.9 Å². The van der Waals surface area contributed by atoms with Gasteiger partial charge < -0.3 is 10.1 Å². The van der Waals surface area contributed by atoms with Crippen LogP contribution in [0.4, 0.5) is 5.82 Å². The summed E-state index contributed by atoms with van der Waals surface area (Å²) in [5.41, 5.74) is 2.35. The third-order valence-corrected chi connectivity index (χ3v) is 3.28. The highest BCUT2D eigenvalue weighted by Crippen LogP contribution is 2.19. The van der Waals surface area contributed by atoms with E-state index in [1.165, 1.54) is 6.33 Å². The topological polar surface area (TPSA) is 64.1 Å². The highest BCUT2D eigenvalue weighted by Gasteiger charge is 2.11. The molecule has 0 saturated carbocycles. The van der Waals surface area contributed by atoms with E-state index in [2.05, 4.69) is 31.2 Å². The van der Waals surface area contributed by atoms with Gasteiger partial charge in [-0.2, -0.15) is 0 Å². The molecule has 0 fully saturated rings. The summed E-state index contributed by atoms with van der Waals surface area (Å²) in [5.74, 6) is 0.225. The first kappa shape index (κ1) is 14.6. The van der Waals surface area contributed by atoms with Gasteiger partial charge in [-0.3, -0.25) is 4.79 Å². The van der Waals surface area contributed by atoms with Crippen molar-refractivity contribution >= 4 is 27.7 Å². The highest BCUT2D eigenvalue weighted by atomic mass is 79.9. The summed E-state index contributed by atoms with van der Waals surface area (Å²) < 4.78 is 5.75. The van der Waals surface area contributed by atoms with Crippen LogP contribution < -0.4 is 5.32 Å². The van der Waals surface area contributed by atoms with E-state index in [-0.39, 0.29) is 5.91 Å². The van der Waals surface area contributed by atoms with Crippen molar-refractivity contribution in [2.24, 2.45) is 0 Å². The average Bonchev–Trinajstić information content (AvgIpc) is 2.39. The Labute approximate surface area is 125 Å². The maximum absolute atomic E-state index is 12.2. The fourth-order valence-corrected chi connectivity index (χ4v) is 2.35. The first-order valence-electron chi connectivity index (χ1n) is 5.97. The number of carbonyl (C=O) groups excluding carboxylic acids is 1. The first-order valence-corrected chi connectivity index (χ1v) is 6.77. The molecule has 0 radical (unpaired) electrons. The number of methoxy groups -OCH3 is 1. The molecule has 1 N–H and O–H groups in total. The quantitative estimate of drug-likeness (QED) is 0.932. The molecule has 0 spiro atoms. The lowest BCUT2D eigenvalue weighted by Gasteiger charge is -2.07. The van der Waals surface area contributed by atoms with Gasteiger partial charge in [0.25, 0.3) is 5.91 Å². The van der Waals surface area contributed by atoms with Gasteiger partial charge in [0.05, 0.1) is 17.9 Å². The van der Waals surface area contributed by atoms with E-state index >= 15 is 0 Å². The van der Waals surface area contributed by atoms with Crippen LogP contribution in [0, 0.1) is 6.92 Å². The Balaban J connectivity index is 2.17. The number of aryl methyl sites for hydroxylation is 1. The minimum absolute atomic E-state index is 0.223. The van der Waals surface area contributed by atoms with Crippen LogP contribution in [0.3, 0.4) is 0 Å². The van der Waals surface area contributed by atoms with Crippen molar-refractivity contribution < 1.29 is 9.53 Å². The monoisotopic (exact) mass is 335 g/mol. The second-order valence-electron chi connectivity index (χ2n) is 4.27. The summed E-state index contributed by atoms with van der Waals surface area (Å²) in [6.07, 6.45) is 1.40. The minimum Gasteiger partial charge on any atom is -0.378 e. The van der Waals surface area contributed by atoms with Gasteiger partial charge in [0.2, 0.25) is 0 Å². The van der Waals surface area contributed by atoms with Gasteiger partial charge in [0.15, 0.2) is 0 Å². The smallest absolute Gasteiger partial charge is 0.257 e. The third kappa shape index (κ3) is 3.61. The molecule has 0 aliphatic rings. The van der Waals surface area contributed by atoms with E-state index in [0.717, 1.165) is 10.0 Å². The predicted octanol–water partition coefficient (Wildman–Crippen LogP) is 2.95. The van der Waals surface area contributed by atoms with Crippen molar-refractivity contribution in [2.75, 3.05) is 12.4 Å². The van der Waals surface area contributed by atoms with Crippen LogP contribution in [-0.4, -0.2) is 23.0 Å². The fourth-order valence-electron chi connectivity index (χ4n) is 1.68. The Morgan fingerprint density at radius 3 is 2.85 bits per heavy atom. The normalized spacial score (nSPS) is 10.3. The number of nitrogens with zero attached hydrogens (tertiary/aromatic N) is 2. The van der Waals surface area contributed by atoms with Crippen LogP contribution in [0.2, 0.25) is 0 Å². The summed E-state index contributed by atoms with van der Waals surface area (Å²) in [6, 6.07) is 7.23. The second kappa shape index (κ2) is 6.58. The Hall–Kier alpha value is -1.79. The largest absolute Gasteiger partial charge is 0.378 e. The molecule has 5 nitrogen and oxygen atoms in total. The van der Waals surface area contributed by atoms with Gasteiger partial charge >= 0.3 is 0 Å². The number of aromatic nitrogens is 2. The van der Waals surface area contributed by atoms with E-state index in [4.69, 9.17) is 4.74 Å². The van der Waals surface area contributed by atoms with Crippen molar-refractivity contribution in [1.82, 2.24) is 9.97 Å². The fraction of sp³-hybridized carbons (Fsp3) is 0.214. The van der Waals surface area contributed by atoms with E-state index in [9.17, 15) is 4.79 Å². The second-order valence-corrected chi connectivity index (χ2v) is 5.12. The Morgan fingerprint density at radius 2 is 2.15 bits per heavy atom. The van der Waals surface area contributed by atoms with Crippen molar-refractivity contribution in [2.45, 2.75) is 13.5 Å². The summed E-state index contributed by atoms with van der Waals surface area (Å²) in [7, 11) is 1.59. The van der Waals surface area contributed by atoms with Crippen molar-refractivity contribution in [1.29, 1.82) is 0 Å². The first-order chi connectivity index (χ1) is 9.60. The number of carbonyl (C=O) groups is 1. The van der Waals surface area contributed by atoms with E-state index in [1.54, 1.807) is 19.2 Å². The number of hydrogen-bond donors (Lipinski definition) is 1. The molecular formula is C14H14BrN3O2. The van der Waals surface area contributed by atoms with Gasteiger partial charge in [0.1, 0.15) is 12.1 Å². The lowest BCUT2D eigenvalue weighted by Crippen LogP contribution is -2.14. The molecule has 20 heavy (non-hydrogen) atoms. The van der Waals surface area contributed by atoms with E-state index < -0.39 is 0 Å². The number of amides is 1. The minimum atomic E-state index is -0.223. The number of halogens is 1. The molecule has 1 heterocycles. The van der Waals surface area contributed by atoms with Crippen molar-refractivity contribution in [3.8, 4) is 0 Å². The third-order valence-electron chi connectivity index (χ3n) is 2.63. The van der Waals surface area contributed by atoms with Crippen LogP contribution >= 0.6 is 15.9 Å². The molecule has 1 aromatic heterocycles. The van der Waals surface area contributed by atoms with Crippen LogP contribution in [0.5, 0.6) is 0 Å². The Kier molecular flexibility index (Phi) is 4.81. The predicted molar refractivity (Wildman–Crippen MR) is 79.6 cm³/mol. The molecule has 104 valence electrons. The maximum Gasteiger partial charge on any atom is 0.257 e. The van der Waals surface area contributed by atoms with Gasteiger partial charge in [0, 0.05) is 17.6 Å². The molecule has 6 heteroatoms. The molecule has 0 bridgehead atoms. The van der Waals surface area contributed by atoms with Crippen molar-refractivity contribution in [3.63, 3.8) is 0 Å². The van der Waals surface area contributed by atoms with Gasteiger partial charge in [-0.1, -0.05) is 6.07 Å². The Bertz CT molecular complexity index is 632. The van der Waals surface area contributed by atoms with Crippen LogP contribution in [0.1, 0.15) is 21.6 Å². The maximum atomic E-state index is 12.2. The number of rotatable bonds is 4. The molecule has 0 aliphatic heterocycles. The lowest BCUT2D eigenvalue weighted by atomic mass is 10.1. The SMILES string of the molecule is COCc1cc(NC(=O)c2ccc(C)cc2Br)ncn1. The van der Waals surface area contributed by atoms with E-state index in [1.807, 2.05) is 19.1 Å². The molecule has 0 atom stereocenters. The molecule has 0 unspecified atom stereocenters. The van der Waals surface area contributed by atoms with Crippen LogP contribution in [-0.2, 0) is 11.3 Å². The lowest BCUT2D eigenvalue weighted by molar-refractivity contribution is 0.102. The van der Waals surface area contributed by atoms with E-state index in [0.29, 0.717) is 23.7 Å². The van der Waals surface area contributed by atoms with Gasteiger partial charge in [-0.15, -0.1) is 0 Å². The highest BCUT2D eigenvalue weighted by molar-refractivity contribution is 9.10. The summed E-state index contributed by atoms with van der Waals surface area (Å²) in [6.45, 7) is 2.34. The molecule has 0 aliphatic carbocycles. The number of ether oxygens (including phenoxy) is 1. The number of anilines is 1. The zero-order valence-electron chi connectivity index (χ0n) is 11.2. The zero-order valence-corrected chi connectivity index (χ0v) is 12.8. The Morgan fingerprint density at radius 1 is 1.35 bits per heavy atom. The van der Waals surface area contributed by atoms with Crippen LogP contribution in [0.15, 0.2) is 35.1 Å².